The summed E-state index contributed by atoms with van der Waals surface area (Å²) in [5, 5.41) is 0. The van der Waals surface area contributed by atoms with Gasteiger partial charge < -0.3 is 14.5 Å². The van der Waals surface area contributed by atoms with E-state index >= 15 is 0 Å². The Morgan fingerprint density at radius 3 is 2.56 bits per heavy atom. The molecule has 1 amide bonds. The summed E-state index contributed by atoms with van der Waals surface area (Å²) in [6.07, 6.45) is -0.444. The van der Waals surface area contributed by atoms with Crippen LogP contribution in [0, 0.1) is 0 Å². The molecule has 0 spiro atoms. The van der Waals surface area contributed by atoms with Crippen LogP contribution in [0.25, 0.3) is 0 Å². The van der Waals surface area contributed by atoms with Crippen molar-refractivity contribution >= 4 is 11.9 Å². The summed E-state index contributed by atoms with van der Waals surface area (Å²) >= 11 is 0. The van der Waals surface area contributed by atoms with E-state index in [-0.39, 0.29) is 30.5 Å². The number of nitrogens with zero attached hydrogens (tertiary/aromatic N) is 4. The topological polar surface area (TPSA) is 58.6 Å². The number of rotatable bonds is 5. The molecule has 3 heterocycles. The first-order valence-corrected chi connectivity index (χ1v) is 8.45. The van der Waals surface area contributed by atoms with Crippen LogP contribution in [-0.2, 0) is 15.7 Å². The second-order valence-corrected chi connectivity index (χ2v) is 6.31. The highest BCUT2D eigenvalue weighted by Crippen LogP contribution is 2.34. The molecule has 25 heavy (non-hydrogen) atoms. The molecular formula is C16H21F3N4O2. The van der Waals surface area contributed by atoms with Crippen molar-refractivity contribution in [3.8, 4) is 0 Å². The lowest BCUT2D eigenvalue weighted by molar-refractivity contribution is -0.138. The normalized spacial score (nSPS) is 23.2. The van der Waals surface area contributed by atoms with E-state index in [4.69, 9.17) is 4.74 Å². The lowest BCUT2D eigenvalue weighted by Gasteiger charge is -2.25. The molecule has 0 aliphatic carbocycles. The van der Waals surface area contributed by atoms with Gasteiger partial charge in [0, 0.05) is 32.1 Å². The molecule has 0 radical (unpaired) electrons. The number of likely N-dealkylation sites (tertiary alicyclic amines) is 1. The van der Waals surface area contributed by atoms with Gasteiger partial charge in [0.05, 0.1) is 17.6 Å². The van der Waals surface area contributed by atoms with Crippen LogP contribution in [-0.4, -0.2) is 59.2 Å². The Kier molecular flexibility index (Phi) is 5.12. The van der Waals surface area contributed by atoms with E-state index in [1.165, 1.54) is 0 Å². The lowest BCUT2D eigenvalue weighted by Crippen LogP contribution is -2.41. The van der Waals surface area contributed by atoms with Crippen molar-refractivity contribution in [3.63, 3.8) is 0 Å². The largest absolute Gasteiger partial charge is 0.419 e. The molecule has 0 bridgehead atoms. The summed E-state index contributed by atoms with van der Waals surface area (Å²) in [6, 6.07) is 0.0930. The first-order valence-electron chi connectivity index (χ1n) is 8.45. The van der Waals surface area contributed by atoms with E-state index in [0.717, 1.165) is 31.7 Å². The molecular weight excluding hydrogens is 337 g/mol. The molecule has 3 rings (SSSR count). The van der Waals surface area contributed by atoms with E-state index in [2.05, 4.69) is 9.97 Å². The molecule has 0 N–H and O–H groups in total. The Morgan fingerprint density at radius 1 is 1.24 bits per heavy atom. The minimum absolute atomic E-state index is 0.0314. The predicted molar refractivity (Wildman–Crippen MR) is 84.0 cm³/mol. The van der Waals surface area contributed by atoms with Gasteiger partial charge in [-0.3, -0.25) is 4.79 Å². The number of aromatic nitrogens is 2. The van der Waals surface area contributed by atoms with Gasteiger partial charge in [0.25, 0.3) is 0 Å². The monoisotopic (exact) mass is 358 g/mol. The number of fused-ring (bicyclic) bond motifs is 1. The van der Waals surface area contributed by atoms with Crippen molar-refractivity contribution in [3.05, 3.63) is 18.0 Å². The van der Waals surface area contributed by atoms with Crippen molar-refractivity contribution in [2.45, 2.75) is 44.4 Å². The highest BCUT2D eigenvalue weighted by atomic mass is 19.4. The Morgan fingerprint density at radius 2 is 1.92 bits per heavy atom. The number of ether oxygens (including phenoxy) is 1. The van der Waals surface area contributed by atoms with Gasteiger partial charge >= 0.3 is 6.18 Å². The zero-order valence-electron chi connectivity index (χ0n) is 14.0. The fourth-order valence-corrected chi connectivity index (χ4v) is 3.55. The van der Waals surface area contributed by atoms with Gasteiger partial charge in [0.15, 0.2) is 0 Å². The average Bonchev–Trinajstić information content (AvgIpc) is 3.16. The first kappa shape index (κ1) is 17.9. The van der Waals surface area contributed by atoms with Gasteiger partial charge in [-0.2, -0.15) is 13.2 Å². The summed E-state index contributed by atoms with van der Waals surface area (Å²) in [6.45, 7) is 3.86. The molecule has 2 aliphatic rings. The molecule has 1 aromatic rings. The fraction of sp³-hybridized carbons (Fsp3) is 0.688. The van der Waals surface area contributed by atoms with Gasteiger partial charge in [-0.1, -0.05) is 6.92 Å². The fourth-order valence-electron chi connectivity index (χ4n) is 3.55. The van der Waals surface area contributed by atoms with Gasteiger partial charge in [-0.05, 0) is 19.3 Å². The third kappa shape index (κ3) is 3.70. The standard InChI is InChI=1S/C16H21F3N4O2/c1-2-7-25-10-14(24)22-5-3-13-12(22)4-6-23(13)15-20-8-11(9-21-15)16(17,18)19/h8-9,12-13H,2-7,10H2,1H3/t12-,13-/m1/s1. The highest BCUT2D eigenvalue weighted by molar-refractivity contribution is 5.78. The first-order chi connectivity index (χ1) is 11.9. The predicted octanol–water partition coefficient (Wildman–Crippen LogP) is 2.10. The number of halogens is 3. The van der Waals surface area contributed by atoms with Gasteiger partial charge in [-0.25, -0.2) is 9.97 Å². The summed E-state index contributed by atoms with van der Waals surface area (Å²) in [4.78, 5) is 23.8. The highest BCUT2D eigenvalue weighted by Gasteiger charge is 2.45. The van der Waals surface area contributed by atoms with Crippen molar-refractivity contribution in [1.29, 1.82) is 0 Å². The lowest BCUT2D eigenvalue weighted by atomic mass is 10.1. The summed E-state index contributed by atoms with van der Waals surface area (Å²) in [7, 11) is 0. The zero-order chi connectivity index (χ0) is 18.0. The van der Waals surface area contributed by atoms with Crippen LogP contribution < -0.4 is 4.90 Å². The zero-order valence-corrected chi connectivity index (χ0v) is 14.0. The Balaban J connectivity index is 1.65. The Hall–Kier alpha value is -1.90. The second kappa shape index (κ2) is 7.15. The summed E-state index contributed by atoms with van der Waals surface area (Å²) < 4.78 is 43.2. The summed E-state index contributed by atoms with van der Waals surface area (Å²) in [5.41, 5.74) is -0.858. The molecule has 6 nitrogen and oxygen atoms in total. The molecule has 1 aromatic heterocycles. The number of hydrogen-bond acceptors (Lipinski definition) is 5. The van der Waals surface area contributed by atoms with Crippen molar-refractivity contribution in [2.24, 2.45) is 0 Å². The van der Waals surface area contributed by atoms with E-state index in [9.17, 15) is 18.0 Å². The smallest absolute Gasteiger partial charge is 0.372 e. The average molecular weight is 358 g/mol. The number of anilines is 1. The van der Waals surface area contributed by atoms with Gasteiger partial charge in [-0.15, -0.1) is 0 Å². The minimum Gasteiger partial charge on any atom is -0.372 e. The van der Waals surface area contributed by atoms with Crippen LogP contribution in [0.4, 0.5) is 19.1 Å². The van der Waals surface area contributed by atoms with E-state index in [1.807, 2.05) is 16.7 Å². The maximum absolute atomic E-state index is 12.6. The number of amides is 1. The van der Waals surface area contributed by atoms with Crippen LogP contribution in [0.3, 0.4) is 0 Å². The molecule has 2 saturated heterocycles. The van der Waals surface area contributed by atoms with Crippen LogP contribution in [0.15, 0.2) is 12.4 Å². The molecule has 0 unspecified atom stereocenters. The molecule has 138 valence electrons. The molecule has 0 saturated carbocycles. The maximum atomic E-state index is 12.6. The minimum atomic E-state index is -4.44. The number of alkyl halides is 3. The maximum Gasteiger partial charge on any atom is 0.419 e. The SMILES string of the molecule is CCCOCC(=O)N1CC[C@@H]2[C@H]1CCN2c1ncc(C(F)(F)F)cn1. The number of hydrogen-bond donors (Lipinski definition) is 0. The van der Waals surface area contributed by atoms with Gasteiger partial charge in [0.1, 0.15) is 6.61 Å². The Labute approximate surface area is 144 Å². The van der Waals surface area contributed by atoms with Crippen molar-refractivity contribution < 1.29 is 22.7 Å². The van der Waals surface area contributed by atoms with Crippen molar-refractivity contribution in [2.75, 3.05) is 31.2 Å². The molecule has 9 heteroatoms. The molecule has 2 atom stereocenters. The number of carbonyl (C=O) groups is 1. The third-order valence-corrected chi connectivity index (χ3v) is 4.69. The second-order valence-electron chi connectivity index (χ2n) is 6.31. The molecule has 2 aliphatic heterocycles. The van der Waals surface area contributed by atoms with Crippen LogP contribution in [0.2, 0.25) is 0 Å². The van der Waals surface area contributed by atoms with Crippen LogP contribution in [0.1, 0.15) is 31.7 Å². The third-order valence-electron chi connectivity index (χ3n) is 4.69. The molecule has 2 fully saturated rings. The molecule has 0 aromatic carbocycles. The van der Waals surface area contributed by atoms with Crippen molar-refractivity contribution in [1.82, 2.24) is 14.9 Å². The van der Waals surface area contributed by atoms with E-state index < -0.39 is 11.7 Å². The van der Waals surface area contributed by atoms with Crippen LogP contribution >= 0.6 is 0 Å². The summed E-state index contributed by atoms with van der Waals surface area (Å²) in [5.74, 6) is 0.258. The van der Waals surface area contributed by atoms with Gasteiger partial charge in [0.2, 0.25) is 11.9 Å². The van der Waals surface area contributed by atoms with E-state index in [0.29, 0.717) is 19.7 Å². The number of carbonyl (C=O) groups excluding carboxylic acids is 1. The van der Waals surface area contributed by atoms with E-state index in [1.54, 1.807) is 0 Å². The Bertz CT molecular complexity index is 608. The quantitative estimate of drug-likeness (QED) is 0.755. The van der Waals surface area contributed by atoms with Crippen LogP contribution in [0.5, 0.6) is 0 Å².